The number of hydrogen-bond donors (Lipinski definition) is 2. The predicted molar refractivity (Wildman–Crippen MR) is 137 cm³/mol. The van der Waals surface area contributed by atoms with E-state index in [-0.39, 0.29) is 5.92 Å². The number of nitrogens with zero attached hydrogens (tertiary/aromatic N) is 7. The van der Waals surface area contributed by atoms with Gasteiger partial charge in [0.2, 0.25) is 0 Å². The Morgan fingerprint density at radius 3 is 2.89 bits per heavy atom. The highest BCUT2D eigenvalue weighted by molar-refractivity contribution is 5.91. The Hall–Kier alpha value is -3.43. The lowest BCUT2D eigenvalue weighted by atomic mass is 9.90. The largest absolute Gasteiger partial charge is 0.368 e. The van der Waals surface area contributed by atoms with Crippen molar-refractivity contribution in [3.05, 3.63) is 76.0 Å². The first-order chi connectivity index (χ1) is 17.0. The molecule has 0 bridgehead atoms. The molecule has 0 saturated heterocycles. The van der Waals surface area contributed by atoms with Gasteiger partial charge in [-0.25, -0.2) is 9.97 Å². The zero-order valence-electron chi connectivity index (χ0n) is 20.7. The number of aromatic nitrogens is 6. The Labute approximate surface area is 206 Å². The van der Waals surface area contributed by atoms with Crippen LogP contribution in [0.4, 0.5) is 5.82 Å². The van der Waals surface area contributed by atoms with Crippen LogP contribution in [0.3, 0.4) is 0 Å². The van der Waals surface area contributed by atoms with Crippen molar-refractivity contribution in [2.45, 2.75) is 32.1 Å². The number of nitrogens with two attached hydrogens (primary N) is 1. The summed E-state index contributed by atoms with van der Waals surface area (Å²) in [5.41, 5.74) is 12.9. The van der Waals surface area contributed by atoms with Crippen molar-refractivity contribution in [2.75, 3.05) is 38.5 Å². The van der Waals surface area contributed by atoms with E-state index in [0.29, 0.717) is 13.0 Å². The molecule has 0 aliphatic heterocycles. The summed E-state index contributed by atoms with van der Waals surface area (Å²) in [5.74, 6) is 2.67. The summed E-state index contributed by atoms with van der Waals surface area (Å²) in [6.45, 7) is 5.33. The zero-order valence-corrected chi connectivity index (χ0v) is 20.7. The van der Waals surface area contributed by atoms with Crippen LogP contribution in [0.2, 0.25) is 0 Å². The van der Waals surface area contributed by atoms with Crippen molar-refractivity contribution >= 4 is 11.4 Å². The van der Waals surface area contributed by atoms with Gasteiger partial charge in [0.15, 0.2) is 5.82 Å². The van der Waals surface area contributed by atoms with Gasteiger partial charge in [0, 0.05) is 50.5 Å². The Balaban J connectivity index is 1.44. The second kappa shape index (κ2) is 10.1. The normalized spacial score (nSPS) is 16.7. The average Bonchev–Trinajstić information content (AvgIpc) is 3.42. The van der Waals surface area contributed by atoms with Gasteiger partial charge in [-0.2, -0.15) is 4.80 Å². The second-order valence-electron chi connectivity index (χ2n) is 9.46. The molecule has 3 N–H and O–H groups in total. The Bertz CT molecular complexity index is 1270. The summed E-state index contributed by atoms with van der Waals surface area (Å²) < 4.78 is 0. The average molecular weight is 472 g/mol. The molecule has 35 heavy (non-hydrogen) atoms. The smallest absolute Gasteiger partial charge is 0.181 e. The Kier molecular flexibility index (Phi) is 6.70. The third-order valence-electron chi connectivity index (χ3n) is 6.58. The molecule has 9 heteroatoms. The maximum atomic E-state index is 5.71. The van der Waals surface area contributed by atoms with Crippen LogP contribution in [0.15, 0.2) is 42.0 Å². The highest BCUT2D eigenvalue weighted by Gasteiger charge is 2.31. The lowest BCUT2D eigenvalue weighted by Gasteiger charge is -2.19. The molecular formula is C26H33N9. The number of allylic oxidation sites excluding steroid dienone is 4. The summed E-state index contributed by atoms with van der Waals surface area (Å²) in [6, 6.07) is 8.55. The van der Waals surface area contributed by atoms with Gasteiger partial charge in [0.25, 0.3) is 0 Å². The van der Waals surface area contributed by atoms with Gasteiger partial charge >= 0.3 is 0 Å². The highest BCUT2D eigenvalue weighted by Crippen LogP contribution is 2.44. The van der Waals surface area contributed by atoms with E-state index in [1.165, 1.54) is 27.1 Å². The maximum absolute atomic E-state index is 5.71. The molecule has 2 aromatic heterocycles. The van der Waals surface area contributed by atoms with Crippen LogP contribution in [-0.2, 0) is 19.9 Å². The van der Waals surface area contributed by atoms with Crippen LogP contribution in [-0.4, -0.2) is 68.3 Å². The van der Waals surface area contributed by atoms with Crippen molar-refractivity contribution in [1.82, 2.24) is 35.1 Å². The minimum atomic E-state index is 0.137. The van der Waals surface area contributed by atoms with Crippen molar-refractivity contribution < 1.29 is 0 Å². The van der Waals surface area contributed by atoms with Gasteiger partial charge in [-0.3, -0.25) is 0 Å². The highest BCUT2D eigenvalue weighted by atomic mass is 15.6. The summed E-state index contributed by atoms with van der Waals surface area (Å²) in [5, 5.41) is 16.3. The molecule has 0 amide bonds. The fraction of sp³-hybridized carbons (Fsp3) is 0.423. The number of hydrogen-bond acceptors (Lipinski definition) is 8. The van der Waals surface area contributed by atoms with E-state index in [4.69, 9.17) is 15.7 Å². The van der Waals surface area contributed by atoms with E-state index in [2.05, 4.69) is 76.0 Å². The Morgan fingerprint density at radius 1 is 1.23 bits per heavy atom. The van der Waals surface area contributed by atoms with Crippen LogP contribution >= 0.6 is 0 Å². The number of likely N-dealkylation sites (N-methyl/N-ethyl adjacent to an activating group) is 1. The first kappa shape index (κ1) is 23.3. The van der Waals surface area contributed by atoms with Crippen molar-refractivity contribution in [3.63, 3.8) is 0 Å². The standard InChI is InChI=1S/C26H33N9/c1-17-5-4-6-18(13-17)14-23-29-22-16-20-15-19(25-31-33-35(3)32-25)7-8-21(20)24(22)26(30-23)28-10-12-34(2)11-9-27/h4-6,8,13,15,19H,7,9-12,14,16,27H2,1-3H3,(H,28,29,30). The molecule has 1 unspecified atom stereocenters. The van der Waals surface area contributed by atoms with Gasteiger partial charge in [-0.15, -0.1) is 10.2 Å². The van der Waals surface area contributed by atoms with E-state index in [1.54, 1.807) is 7.05 Å². The number of fused-ring (bicyclic) bond motifs is 3. The third kappa shape index (κ3) is 5.16. The van der Waals surface area contributed by atoms with E-state index in [1.807, 2.05) is 0 Å². The van der Waals surface area contributed by atoms with Crippen LogP contribution in [0, 0.1) is 6.92 Å². The van der Waals surface area contributed by atoms with Crippen LogP contribution < -0.4 is 11.1 Å². The van der Waals surface area contributed by atoms with Crippen molar-refractivity contribution in [3.8, 4) is 0 Å². The van der Waals surface area contributed by atoms with Crippen LogP contribution in [0.5, 0.6) is 0 Å². The molecule has 1 atom stereocenters. The van der Waals surface area contributed by atoms with E-state index in [0.717, 1.165) is 61.2 Å². The molecule has 182 valence electrons. The van der Waals surface area contributed by atoms with Crippen LogP contribution in [0.1, 0.15) is 46.4 Å². The zero-order chi connectivity index (χ0) is 24.4. The molecule has 2 heterocycles. The lowest BCUT2D eigenvalue weighted by Crippen LogP contribution is -2.30. The van der Waals surface area contributed by atoms with Crippen molar-refractivity contribution in [2.24, 2.45) is 12.8 Å². The number of rotatable bonds is 9. The predicted octanol–water partition coefficient (Wildman–Crippen LogP) is 2.26. The summed E-state index contributed by atoms with van der Waals surface area (Å²) >= 11 is 0. The fourth-order valence-electron chi connectivity index (χ4n) is 4.88. The molecule has 1 aromatic carbocycles. The number of benzene rings is 1. The number of tetrazole rings is 1. The monoisotopic (exact) mass is 471 g/mol. The summed E-state index contributed by atoms with van der Waals surface area (Å²) in [7, 11) is 3.89. The Morgan fingerprint density at radius 2 is 2.11 bits per heavy atom. The van der Waals surface area contributed by atoms with Gasteiger partial charge in [-0.1, -0.05) is 42.0 Å². The van der Waals surface area contributed by atoms with E-state index in [9.17, 15) is 0 Å². The van der Waals surface area contributed by atoms with Crippen molar-refractivity contribution in [1.29, 1.82) is 0 Å². The van der Waals surface area contributed by atoms with Gasteiger partial charge < -0.3 is 16.0 Å². The summed E-state index contributed by atoms with van der Waals surface area (Å²) in [4.78, 5) is 13.8. The van der Waals surface area contributed by atoms with Gasteiger partial charge in [-0.05, 0) is 42.3 Å². The second-order valence-corrected chi connectivity index (χ2v) is 9.46. The quantitative estimate of drug-likeness (QED) is 0.489. The minimum absolute atomic E-state index is 0.137. The molecule has 0 spiro atoms. The van der Waals surface area contributed by atoms with Crippen LogP contribution in [0.25, 0.3) is 5.57 Å². The molecule has 5 rings (SSSR count). The molecule has 2 aliphatic carbocycles. The topological polar surface area (TPSA) is 111 Å². The molecule has 0 radical (unpaired) electrons. The SMILES string of the molecule is Cc1cccc(Cc2nc3c(c(NCCN(C)CCN)n2)C2=CCC(c4nnn(C)n4)C=C2C3)c1. The molecule has 0 fully saturated rings. The fourth-order valence-corrected chi connectivity index (χ4v) is 4.88. The number of nitrogens with one attached hydrogen (secondary N) is 1. The maximum Gasteiger partial charge on any atom is 0.181 e. The molecule has 9 nitrogen and oxygen atoms in total. The molecule has 0 saturated carbocycles. The van der Waals surface area contributed by atoms with Gasteiger partial charge in [0.1, 0.15) is 11.6 Å². The molecule has 2 aliphatic rings. The lowest BCUT2D eigenvalue weighted by molar-refractivity contribution is 0.357. The minimum Gasteiger partial charge on any atom is -0.368 e. The summed E-state index contributed by atoms with van der Waals surface area (Å²) in [6.07, 6.45) is 6.92. The first-order valence-corrected chi connectivity index (χ1v) is 12.2. The number of aryl methyl sites for hydroxylation is 2. The number of anilines is 1. The van der Waals surface area contributed by atoms with Gasteiger partial charge in [0.05, 0.1) is 12.7 Å². The van der Waals surface area contributed by atoms with E-state index >= 15 is 0 Å². The first-order valence-electron chi connectivity index (χ1n) is 12.2. The molecular weight excluding hydrogens is 438 g/mol. The molecule has 3 aromatic rings. The van der Waals surface area contributed by atoms with E-state index < -0.39 is 0 Å². The third-order valence-corrected chi connectivity index (χ3v) is 6.58.